The molecule has 1 saturated heterocycles. The van der Waals surface area contributed by atoms with E-state index in [0.717, 1.165) is 11.1 Å². The highest BCUT2D eigenvalue weighted by atomic mass is 32.1. The highest BCUT2D eigenvalue weighted by Gasteiger charge is 2.52. The van der Waals surface area contributed by atoms with Gasteiger partial charge in [-0.25, -0.2) is 0 Å². The van der Waals surface area contributed by atoms with Crippen LogP contribution < -0.4 is 9.64 Å². The largest absolute Gasteiger partial charge is 0.496 e. The molecule has 164 valence electrons. The third-order valence-corrected chi connectivity index (χ3v) is 6.40. The van der Waals surface area contributed by atoms with E-state index in [9.17, 15) is 14.4 Å². The van der Waals surface area contributed by atoms with Crippen LogP contribution in [0.15, 0.2) is 65.4 Å². The predicted molar refractivity (Wildman–Crippen MR) is 126 cm³/mol. The predicted octanol–water partition coefficient (Wildman–Crippen LogP) is 5.31. The standard InChI is InChI=1S/C26H25NO4S/c1-16(2)14-21(28)23-24(20-6-4-5-7-22(20)31-3)27(26(30)25(23)29)19-10-8-17(9-11-19)18-12-13-32-15-18/h4-13,15-16,23-24H,14H2,1-3H3/t23?,24-/m1/s1. The number of para-hydroxylation sites is 1. The van der Waals surface area contributed by atoms with Gasteiger partial charge in [-0.1, -0.05) is 44.2 Å². The molecular formula is C26H25NO4S. The first-order chi connectivity index (χ1) is 15.4. The van der Waals surface area contributed by atoms with Gasteiger partial charge in [0.25, 0.3) is 5.91 Å². The molecule has 1 fully saturated rings. The van der Waals surface area contributed by atoms with E-state index >= 15 is 0 Å². The van der Waals surface area contributed by atoms with Crippen molar-refractivity contribution >= 4 is 34.5 Å². The van der Waals surface area contributed by atoms with Crippen molar-refractivity contribution in [1.29, 1.82) is 0 Å². The number of hydrogen-bond donors (Lipinski definition) is 0. The fourth-order valence-corrected chi connectivity index (χ4v) is 4.94. The third-order valence-electron chi connectivity index (χ3n) is 5.72. The number of carbonyl (C=O) groups is 3. The zero-order chi connectivity index (χ0) is 22.8. The lowest BCUT2D eigenvalue weighted by atomic mass is 9.85. The molecule has 4 rings (SSSR count). The lowest BCUT2D eigenvalue weighted by Gasteiger charge is -2.28. The van der Waals surface area contributed by atoms with Gasteiger partial charge < -0.3 is 4.74 Å². The molecule has 0 aliphatic carbocycles. The van der Waals surface area contributed by atoms with Crippen LogP contribution in [-0.2, 0) is 14.4 Å². The van der Waals surface area contributed by atoms with Crippen molar-refractivity contribution in [2.75, 3.05) is 12.0 Å². The summed E-state index contributed by atoms with van der Waals surface area (Å²) in [7, 11) is 1.54. The fourth-order valence-electron chi connectivity index (χ4n) is 4.27. The van der Waals surface area contributed by atoms with Crippen LogP contribution >= 0.6 is 11.3 Å². The highest BCUT2D eigenvalue weighted by Crippen LogP contribution is 2.44. The molecule has 6 heteroatoms. The average Bonchev–Trinajstić information content (AvgIpc) is 3.41. The molecule has 0 bridgehead atoms. The molecule has 1 unspecified atom stereocenters. The SMILES string of the molecule is COc1ccccc1[C@@H]1C(C(=O)CC(C)C)C(=O)C(=O)N1c1ccc(-c2ccsc2)cc1. The van der Waals surface area contributed by atoms with E-state index in [1.165, 1.54) is 4.90 Å². The molecule has 32 heavy (non-hydrogen) atoms. The van der Waals surface area contributed by atoms with Gasteiger partial charge in [-0.2, -0.15) is 11.3 Å². The number of hydrogen-bond acceptors (Lipinski definition) is 5. The maximum atomic E-state index is 13.2. The number of benzene rings is 2. The summed E-state index contributed by atoms with van der Waals surface area (Å²) in [5.74, 6) is -1.96. The van der Waals surface area contributed by atoms with Gasteiger partial charge in [0.1, 0.15) is 17.5 Å². The van der Waals surface area contributed by atoms with Gasteiger partial charge in [-0.3, -0.25) is 19.3 Å². The molecular weight excluding hydrogens is 422 g/mol. The van der Waals surface area contributed by atoms with Gasteiger partial charge in [0.2, 0.25) is 5.78 Å². The van der Waals surface area contributed by atoms with Crippen molar-refractivity contribution in [3.8, 4) is 16.9 Å². The molecule has 0 N–H and O–H groups in total. The highest BCUT2D eigenvalue weighted by molar-refractivity contribution is 7.08. The Kier molecular flexibility index (Phi) is 6.24. The Morgan fingerprint density at radius 3 is 2.38 bits per heavy atom. The molecule has 0 saturated carbocycles. The van der Waals surface area contributed by atoms with Crippen LogP contribution in [0.5, 0.6) is 5.75 Å². The van der Waals surface area contributed by atoms with Crippen LogP contribution in [0.25, 0.3) is 11.1 Å². The number of carbonyl (C=O) groups excluding carboxylic acids is 3. The van der Waals surface area contributed by atoms with E-state index in [-0.39, 0.29) is 18.1 Å². The summed E-state index contributed by atoms with van der Waals surface area (Å²) in [5, 5.41) is 4.06. The number of ether oxygens (including phenoxy) is 1. The number of methoxy groups -OCH3 is 1. The molecule has 2 heterocycles. The second-order valence-electron chi connectivity index (χ2n) is 8.33. The number of nitrogens with zero attached hydrogens (tertiary/aromatic N) is 1. The first-order valence-corrected chi connectivity index (χ1v) is 11.5. The number of rotatable bonds is 7. The first-order valence-electron chi connectivity index (χ1n) is 10.6. The molecule has 1 aliphatic rings. The smallest absolute Gasteiger partial charge is 0.295 e. The summed E-state index contributed by atoms with van der Waals surface area (Å²) >= 11 is 1.61. The van der Waals surface area contributed by atoms with Gasteiger partial charge in [-0.05, 0) is 52.1 Å². The van der Waals surface area contributed by atoms with E-state index in [1.807, 2.05) is 67.8 Å². The van der Waals surface area contributed by atoms with Crippen molar-refractivity contribution in [3.05, 3.63) is 70.9 Å². The van der Waals surface area contributed by atoms with Gasteiger partial charge in [0, 0.05) is 17.7 Å². The van der Waals surface area contributed by atoms with E-state index in [4.69, 9.17) is 4.74 Å². The molecule has 2 atom stereocenters. The topological polar surface area (TPSA) is 63.7 Å². The Morgan fingerprint density at radius 1 is 1.03 bits per heavy atom. The molecule has 1 aromatic heterocycles. The Labute approximate surface area is 191 Å². The number of anilines is 1. The summed E-state index contributed by atoms with van der Waals surface area (Å²) < 4.78 is 5.53. The summed E-state index contributed by atoms with van der Waals surface area (Å²) in [4.78, 5) is 40.9. The van der Waals surface area contributed by atoms with Crippen LogP contribution in [0, 0.1) is 11.8 Å². The van der Waals surface area contributed by atoms with Crippen LogP contribution in [0.3, 0.4) is 0 Å². The number of ketones is 2. The Balaban J connectivity index is 1.81. The Morgan fingerprint density at radius 2 is 1.75 bits per heavy atom. The van der Waals surface area contributed by atoms with E-state index in [2.05, 4.69) is 5.38 Å². The monoisotopic (exact) mass is 447 g/mol. The second kappa shape index (κ2) is 9.09. The number of thiophene rings is 1. The van der Waals surface area contributed by atoms with Crippen LogP contribution in [0.4, 0.5) is 5.69 Å². The summed E-state index contributed by atoms with van der Waals surface area (Å²) in [5.41, 5.74) is 3.35. The van der Waals surface area contributed by atoms with Crippen LogP contribution in [0.1, 0.15) is 31.9 Å². The minimum absolute atomic E-state index is 0.0858. The molecule has 1 amide bonds. The van der Waals surface area contributed by atoms with Crippen molar-refractivity contribution in [2.45, 2.75) is 26.3 Å². The molecule has 0 spiro atoms. The summed E-state index contributed by atoms with van der Waals surface area (Å²) in [6.45, 7) is 3.86. The molecule has 0 radical (unpaired) electrons. The zero-order valence-corrected chi connectivity index (χ0v) is 19.1. The maximum Gasteiger partial charge on any atom is 0.295 e. The minimum Gasteiger partial charge on any atom is -0.496 e. The van der Waals surface area contributed by atoms with Gasteiger partial charge in [-0.15, -0.1) is 0 Å². The third kappa shape index (κ3) is 3.98. The quantitative estimate of drug-likeness (QED) is 0.364. The second-order valence-corrected chi connectivity index (χ2v) is 9.11. The van der Waals surface area contributed by atoms with Gasteiger partial charge >= 0.3 is 0 Å². The number of Topliss-reactive ketones (excluding diaryl/α,β-unsaturated/α-hetero) is 2. The average molecular weight is 448 g/mol. The summed E-state index contributed by atoms with van der Waals surface area (Å²) in [6, 6.07) is 16.1. The zero-order valence-electron chi connectivity index (χ0n) is 18.3. The first kappa shape index (κ1) is 22.0. The maximum absolute atomic E-state index is 13.2. The van der Waals surface area contributed by atoms with E-state index in [0.29, 0.717) is 17.0 Å². The van der Waals surface area contributed by atoms with Crippen molar-refractivity contribution in [2.24, 2.45) is 11.8 Å². The lowest BCUT2D eigenvalue weighted by molar-refractivity contribution is -0.139. The lowest BCUT2D eigenvalue weighted by Crippen LogP contribution is -2.31. The normalized spacial score (nSPS) is 18.4. The molecule has 3 aromatic rings. The van der Waals surface area contributed by atoms with Crippen LogP contribution in [-0.4, -0.2) is 24.6 Å². The molecule has 2 aromatic carbocycles. The minimum atomic E-state index is -1.06. The van der Waals surface area contributed by atoms with Crippen molar-refractivity contribution < 1.29 is 19.1 Å². The Hall–Kier alpha value is -3.25. The Bertz CT molecular complexity index is 1130. The number of amides is 1. The molecule has 1 aliphatic heterocycles. The van der Waals surface area contributed by atoms with Crippen molar-refractivity contribution in [1.82, 2.24) is 0 Å². The fraction of sp³-hybridized carbons (Fsp3) is 0.269. The van der Waals surface area contributed by atoms with Gasteiger partial charge in [0.05, 0.1) is 13.2 Å². The van der Waals surface area contributed by atoms with Gasteiger partial charge in [0.15, 0.2) is 0 Å². The van der Waals surface area contributed by atoms with E-state index in [1.54, 1.807) is 24.5 Å². The molecule has 5 nitrogen and oxygen atoms in total. The summed E-state index contributed by atoms with van der Waals surface area (Å²) in [6.07, 6.45) is 0.236. The van der Waals surface area contributed by atoms with E-state index < -0.39 is 23.7 Å². The van der Waals surface area contributed by atoms with Crippen molar-refractivity contribution in [3.63, 3.8) is 0 Å². The van der Waals surface area contributed by atoms with Crippen LogP contribution in [0.2, 0.25) is 0 Å².